The van der Waals surface area contributed by atoms with Gasteiger partial charge in [-0.25, -0.2) is 14.6 Å². The fourth-order valence-corrected chi connectivity index (χ4v) is 5.28. The van der Waals surface area contributed by atoms with E-state index in [9.17, 15) is 9.59 Å². The number of carbonyl (C=O) groups is 2. The minimum atomic E-state index is -0.678. The molecule has 0 aliphatic carbocycles. The average molecular weight is 505 g/mol. The molecule has 0 amide bonds. The molecule has 3 aromatic rings. The number of nitrogens with one attached hydrogen (secondary N) is 1. The second-order valence-corrected chi connectivity index (χ2v) is 9.06. The van der Waals surface area contributed by atoms with Gasteiger partial charge in [-0.1, -0.05) is 24.3 Å². The molecule has 1 N–H and O–H groups in total. The van der Waals surface area contributed by atoms with E-state index in [1.165, 1.54) is 18.4 Å². The molecule has 0 saturated carbocycles. The first-order valence-corrected chi connectivity index (χ1v) is 12.4. The summed E-state index contributed by atoms with van der Waals surface area (Å²) in [6.45, 7) is 5.59. The van der Waals surface area contributed by atoms with Crippen LogP contribution in [0, 0.1) is 0 Å². The molecule has 4 rings (SSSR count). The third-order valence-electron chi connectivity index (χ3n) is 6.05. The van der Waals surface area contributed by atoms with Gasteiger partial charge in [0.2, 0.25) is 0 Å². The molecule has 2 heterocycles. The Bertz CT molecular complexity index is 1350. The van der Waals surface area contributed by atoms with E-state index in [0.717, 1.165) is 33.1 Å². The summed E-state index contributed by atoms with van der Waals surface area (Å²) >= 11 is 1.50. The Morgan fingerprint density at radius 2 is 1.64 bits per heavy atom. The van der Waals surface area contributed by atoms with Gasteiger partial charge in [0.05, 0.1) is 43.6 Å². The molecule has 0 fully saturated rings. The number of aromatic nitrogens is 1. The lowest BCUT2D eigenvalue weighted by molar-refractivity contribution is -0.139. The second kappa shape index (κ2) is 10.8. The van der Waals surface area contributed by atoms with Crippen LogP contribution in [0.5, 0.6) is 5.75 Å². The minimum Gasteiger partial charge on any atom is -0.497 e. The first kappa shape index (κ1) is 25.2. The lowest BCUT2D eigenvalue weighted by Crippen LogP contribution is -2.32. The van der Waals surface area contributed by atoms with Crippen molar-refractivity contribution in [3.63, 3.8) is 0 Å². The van der Waals surface area contributed by atoms with E-state index in [1.54, 1.807) is 21.0 Å². The molecule has 1 aliphatic rings. The molecule has 0 radical (unpaired) electrons. The van der Waals surface area contributed by atoms with E-state index < -0.39 is 17.9 Å². The Morgan fingerprint density at radius 1 is 0.972 bits per heavy atom. The van der Waals surface area contributed by atoms with Crippen molar-refractivity contribution in [2.45, 2.75) is 26.7 Å². The molecule has 1 atom stereocenters. The molecule has 8 heteroatoms. The summed E-state index contributed by atoms with van der Waals surface area (Å²) in [7, 11) is 2.97. The van der Waals surface area contributed by atoms with Crippen LogP contribution in [0.2, 0.25) is 0 Å². The summed E-state index contributed by atoms with van der Waals surface area (Å²) in [6.07, 6.45) is 0. The molecule has 36 heavy (non-hydrogen) atoms. The standard InChI is InChI=1S/C28H28N2O5S/c1-6-35-28(32)24-17(3)29-16(2)23(27(31)34-5)25(24)20-9-7-8-10-21(20)26-30-22(15-36-26)18-11-13-19(33-4)14-12-18/h7-15,25,29H,6H2,1-5H3. The zero-order chi connectivity index (χ0) is 25.8. The lowest BCUT2D eigenvalue weighted by Gasteiger charge is -2.31. The van der Waals surface area contributed by atoms with Crippen LogP contribution < -0.4 is 10.1 Å². The zero-order valence-corrected chi connectivity index (χ0v) is 21.7. The van der Waals surface area contributed by atoms with Crippen molar-refractivity contribution in [3.8, 4) is 27.6 Å². The number of hydrogen-bond donors (Lipinski definition) is 1. The van der Waals surface area contributed by atoms with Crippen molar-refractivity contribution >= 4 is 23.3 Å². The fourth-order valence-electron chi connectivity index (χ4n) is 4.40. The average Bonchev–Trinajstić information content (AvgIpc) is 3.38. The van der Waals surface area contributed by atoms with E-state index in [2.05, 4.69) is 5.32 Å². The van der Waals surface area contributed by atoms with Gasteiger partial charge < -0.3 is 19.5 Å². The van der Waals surface area contributed by atoms with Crippen LogP contribution in [0.15, 0.2) is 76.5 Å². The van der Waals surface area contributed by atoms with Crippen molar-refractivity contribution < 1.29 is 23.8 Å². The number of thiazole rings is 1. The van der Waals surface area contributed by atoms with E-state index in [0.29, 0.717) is 22.5 Å². The summed E-state index contributed by atoms with van der Waals surface area (Å²) in [5.74, 6) is -0.889. The molecule has 0 saturated heterocycles. The van der Waals surface area contributed by atoms with Crippen LogP contribution in [0.1, 0.15) is 32.3 Å². The monoisotopic (exact) mass is 504 g/mol. The number of ether oxygens (including phenoxy) is 3. The molecule has 186 valence electrons. The van der Waals surface area contributed by atoms with E-state index in [-0.39, 0.29) is 6.61 Å². The highest BCUT2D eigenvalue weighted by atomic mass is 32.1. The predicted molar refractivity (Wildman–Crippen MR) is 139 cm³/mol. The van der Waals surface area contributed by atoms with Crippen molar-refractivity contribution in [1.29, 1.82) is 0 Å². The lowest BCUT2D eigenvalue weighted by atomic mass is 9.78. The van der Waals surface area contributed by atoms with Crippen molar-refractivity contribution in [3.05, 3.63) is 82.0 Å². The normalized spacial score (nSPS) is 15.4. The van der Waals surface area contributed by atoms with Crippen LogP contribution in [0.4, 0.5) is 0 Å². The third-order valence-corrected chi connectivity index (χ3v) is 6.93. The molecule has 0 bridgehead atoms. The first-order chi connectivity index (χ1) is 17.4. The van der Waals surface area contributed by atoms with Gasteiger partial charge in [0, 0.05) is 27.9 Å². The maximum atomic E-state index is 13.1. The minimum absolute atomic E-state index is 0.220. The van der Waals surface area contributed by atoms with Gasteiger partial charge in [-0.05, 0) is 50.6 Å². The number of methoxy groups -OCH3 is 2. The molecule has 2 aromatic carbocycles. The second-order valence-electron chi connectivity index (χ2n) is 8.20. The van der Waals surface area contributed by atoms with E-state index in [4.69, 9.17) is 19.2 Å². The van der Waals surface area contributed by atoms with Crippen LogP contribution in [-0.4, -0.2) is 37.7 Å². The number of rotatable bonds is 7. The van der Waals surface area contributed by atoms with Crippen molar-refractivity contribution in [1.82, 2.24) is 10.3 Å². The van der Waals surface area contributed by atoms with Gasteiger partial charge >= 0.3 is 11.9 Å². The van der Waals surface area contributed by atoms with Crippen LogP contribution in [0.3, 0.4) is 0 Å². The quantitative estimate of drug-likeness (QED) is 0.428. The van der Waals surface area contributed by atoms with Gasteiger partial charge in [-0.2, -0.15) is 0 Å². The molecular weight excluding hydrogens is 476 g/mol. The third kappa shape index (κ3) is 4.77. The summed E-state index contributed by atoms with van der Waals surface area (Å²) in [6, 6.07) is 15.4. The molecular formula is C28H28N2O5S. The summed E-state index contributed by atoms with van der Waals surface area (Å²) in [5.41, 5.74) is 5.41. The smallest absolute Gasteiger partial charge is 0.336 e. The topological polar surface area (TPSA) is 86.8 Å². The number of carbonyl (C=O) groups excluding carboxylic acids is 2. The van der Waals surface area contributed by atoms with Crippen LogP contribution >= 0.6 is 11.3 Å². The highest BCUT2D eigenvalue weighted by Crippen LogP contribution is 2.44. The number of benzene rings is 2. The number of esters is 2. The number of hydrogen-bond acceptors (Lipinski definition) is 8. The maximum Gasteiger partial charge on any atom is 0.336 e. The predicted octanol–water partition coefficient (Wildman–Crippen LogP) is 5.46. The zero-order valence-electron chi connectivity index (χ0n) is 20.9. The number of allylic oxidation sites excluding steroid dienone is 2. The Balaban J connectivity index is 1.86. The van der Waals surface area contributed by atoms with Gasteiger partial charge in [0.25, 0.3) is 0 Å². The van der Waals surface area contributed by atoms with Gasteiger partial charge in [0.1, 0.15) is 10.8 Å². The van der Waals surface area contributed by atoms with E-state index >= 15 is 0 Å². The van der Waals surface area contributed by atoms with Crippen molar-refractivity contribution in [2.75, 3.05) is 20.8 Å². The maximum absolute atomic E-state index is 13.1. The largest absolute Gasteiger partial charge is 0.497 e. The van der Waals surface area contributed by atoms with Crippen molar-refractivity contribution in [2.24, 2.45) is 0 Å². The van der Waals surface area contributed by atoms with Gasteiger partial charge in [0.15, 0.2) is 0 Å². The molecule has 7 nitrogen and oxygen atoms in total. The highest BCUT2D eigenvalue weighted by molar-refractivity contribution is 7.13. The van der Waals surface area contributed by atoms with E-state index in [1.807, 2.05) is 60.8 Å². The molecule has 1 aromatic heterocycles. The summed E-state index contributed by atoms with van der Waals surface area (Å²) in [5, 5.41) is 5.93. The Labute approximate surface area is 214 Å². The Morgan fingerprint density at radius 3 is 2.28 bits per heavy atom. The SMILES string of the molecule is CCOC(=O)C1=C(C)NC(C)=C(C(=O)OC)C1c1ccccc1-c1nc(-c2ccc(OC)cc2)cs1. The fraction of sp³-hybridized carbons (Fsp3) is 0.250. The molecule has 1 aliphatic heterocycles. The van der Waals surface area contributed by atoms with Crippen LogP contribution in [-0.2, 0) is 19.1 Å². The molecule has 0 spiro atoms. The molecule has 1 unspecified atom stereocenters. The highest BCUT2D eigenvalue weighted by Gasteiger charge is 2.39. The van der Waals surface area contributed by atoms with Gasteiger partial charge in [-0.3, -0.25) is 0 Å². The number of dihydropyridines is 1. The first-order valence-electron chi connectivity index (χ1n) is 11.5. The number of nitrogens with zero attached hydrogens (tertiary/aromatic N) is 1. The Kier molecular flexibility index (Phi) is 7.55. The Hall–Kier alpha value is -3.91. The van der Waals surface area contributed by atoms with Crippen LogP contribution in [0.25, 0.3) is 21.8 Å². The summed E-state index contributed by atoms with van der Waals surface area (Å²) in [4.78, 5) is 31.0. The summed E-state index contributed by atoms with van der Waals surface area (Å²) < 4.78 is 15.8. The van der Waals surface area contributed by atoms with Gasteiger partial charge in [-0.15, -0.1) is 11.3 Å².